The van der Waals surface area contributed by atoms with E-state index in [1.165, 1.54) is 0 Å². The second-order valence-electron chi connectivity index (χ2n) is 2.66. The minimum absolute atomic E-state index is 0.812. The molecule has 1 unspecified atom stereocenters. The van der Waals surface area contributed by atoms with Crippen molar-refractivity contribution in [2.45, 2.75) is 31.6 Å². The van der Waals surface area contributed by atoms with E-state index in [0.29, 0.717) is 0 Å². The number of alkyl halides is 5. The first-order valence-corrected chi connectivity index (χ1v) is 3.08. The van der Waals surface area contributed by atoms with Crippen molar-refractivity contribution in [1.29, 1.82) is 0 Å². The van der Waals surface area contributed by atoms with Gasteiger partial charge in [-0.3, -0.25) is 0 Å². The second-order valence-corrected chi connectivity index (χ2v) is 2.66. The van der Waals surface area contributed by atoms with Crippen molar-refractivity contribution in [2.24, 2.45) is 0 Å². The van der Waals surface area contributed by atoms with Crippen LogP contribution in [0.1, 0.15) is 19.8 Å². The second kappa shape index (κ2) is 3.36. The van der Waals surface area contributed by atoms with Crippen molar-refractivity contribution in [3.8, 4) is 0 Å². The highest BCUT2D eigenvalue weighted by atomic mass is 19.4. The SMILES string of the molecule is CC(F)(CF)CCC(F)(F)F. The summed E-state index contributed by atoms with van der Waals surface area (Å²) in [6.07, 6.45) is -6.49. The molecule has 68 valence electrons. The number of hydrogen-bond acceptors (Lipinski definition) is 0. The van der Waals surface area contributed by atoms with Crippen LogP contribution in [0.2, 0.25) is 0 Å². The largest absolute Gasteiger partial charge is 0.389 e. The van der Waals surface area contributed by atoms with E-state index >= 15 is 0 Å². The summed E-state index contributed by atoms with van der Waals surface area (Å²) in [6, 6.07) is 0. The molecule has 0 radical (unpaired) electrons. The summed E-state index contributed by atoms with van der Waals surface area (Å²) in [7, 11) is 0. The Labute approximate surface area is 61.4 Å². The zero-order chi connectivity index (χ0) is 9.12. The number of hydrogen-bond donors (Lipinski definition) is 0. The monoisotopic (exact) mass is 176 g/mol. The number of rotatable bonds is 3. The summed E-state index contributed by atoms with van der Waals surface area (Å²) >= 11 is 0. The van der Waals surface area contributed by atoms with Gasteiger partial charge in [0, 0.05) is 6.42 Å². The van der Waals surface area contributed by atoms with Crippen molar-refractivity contribution in [1.82, 2.24) is 0 Å². The van der Waals surface area contributed by atoms with Crippen LogP contribution in [0.15, 0.2) is 0 Å². The highest BCUT2D eigenvalue weighted by molar-refractivity contribution is 4.73. The van der Waals surface area contributed by atoms with Crippen molar-refractivity contribution in [3.63, 3.8) is 0 Å². The van der Waals surface area contributed by atoms with E-state index < -0.39 is 31.4 Å². The highest BCUT2D eigenvalue weighted by Crippen LogP contribution is 2.27. The summed E-state index contributed by atoms with van der Waals surface area (Å²) in [6.45, 7) is -0.554. The lowest BCUT2D eigenvalue weighted by Gasteiger charge is -2.16. The van der Waals surface area contributed by atoms with Crippen LogP contribution in [0.4, 0.5) is 22.0 Å². The van der Waals surface area contributed by atoms with Crippen LogP contribution in [-0.2, 0) is 0 Å². The molecule has 0 aromatic rings. The summed E-state index contributed by atoms with van der Waals surface area (Å²) in [5, 5.41) is 0. The minimum atomic E-state index is -4.40. The zero-order valence-electron chi connectivity index (χ0n) is 6.01. The van der Waals surface area contributed by atoms with Crippen molar-refractivity contribution in [2.75, 3.05) is 6.67 Å². The molecular formula is C6H9F5. The summed E-state index contributed by atoms with van der Waals surface area (Å²) in [4.78, 5) is 0. The van der Waals surface area contributed by atoms with Crippen LogP contribution in [0.25, 0.3) is 0 Å². The third-order valence-electron chi connectivity index (χ3n) is 1.21. The predicted octanol–water partition coefficient (Wildman–Crippen LogP) is 3.03. The van der Waals surface area contributed by atoms with Crippen LogP contribution in [0.3, 0.4) is 0 Å². The van der Waals surface area contributed by atoms with Crippen molar-refractivity contribution in [3.05, 3.63) is 0 Å². The average molecular weight is 176 g/mol. The average Bonchev–Trinajstić information content (AvgIpc) is 1.83. The molecule has 0 saturated heterocycles. The molecule has 0 N–H and O–H groups in total. The summed E-state index contributed by atoms with van der Waals surface area (Å²) in [5.41, 5.74) is -2.34. The Hall–Kier alpha value is -0.350. The zero-order valence-corrected chi connectivity index (χ0v) is 6.01. The molecule has 0 rings (SSSR count). The van der Waals surface area contributed by atoms with E-state index in [1.54, 1.807) is 0 Å². The van der Waals surface area contributed by atoms with Crippen LogP contribution >= 0.6 is 0 Å². The Balaban J connectivity index is 3.70. The van der Waals surface area contributed by atoms with Gasteiger partial charge in [0.15, 0.2) is 0 Å². The van der Waals surface area contributed by atoms with Gasteiger partial charge in [-0.05, 0) is 13.3 Å². The van der Waals surface area contributed by atoms with E-state index in [1.807, 2.05) is 0 Å². The molecule has 0 nitrogen and oxygen atoms in total. The van der Waals surface area contributed by atoms with Crippen molar-refractivity contribution >= 4 is 0 Å². The van der Waals surface area contributed by atoms with Gasteiger partial charge < -0.3 is 0 Å². The molecule has 0 heterocycles. The van der Waals surface area contributed by atoms with E-state index in [9.17, 15) is 22.0 Å². The lowest BCUT2D eigenvalue weighted by molar-refractivity contribution is -0.142. The Bertz CT molecular complexity index is 115. The quantitative estimate of drug-likeness (QED) is 0.580. The third-order valence-corrected chi connectivity index (χ3v) is 1.21. The van der Waals surface area contributed by atoms with E-state index in [2.05, 4.69) is 0 Å². The van der Waals surface area contributed by atoms with Gasteiger partial charge in [-0.25, -0.2) is 8.78 Å². The molecule has 0 aliphatic rings. The van der Waals surface area contributed by atoms with Gasteiger partial charge in [-0.1, -0.05) is 0 Å². The summed E-state index contributed by atoms with van der Waals surface area (Å²) < 4.78 is 58.4. The Morgan fingerprint density at radius 2 is 1.45 bits per heavy atom. The van der Waals surface area contributed by atoms with E-state index in [4.69, 9.17) is 0 Å². The normalized spacial score (nSPS) is 18.0. The van der Waals surface area contributed by atoms with Gasteiger partial charge in [0.05, 0.1) is 0 Å². The van der Waals surface area contributed by atoms with E-state index in [-0.39, 0.29) is 0 Å². The molecule has 11 heavy (non-hydrogen) atoms. The smallest absolute Gasteiger partial charge is 0.248 e. The molecular weight excluding hydrogens is 167 g/mol. The van der Waals surface area contributed by atoms with Gasteiger partial charge in [0.2, 0.25) is 0 Å². The van der Waals surface area contributed by atoms with Crippen LogP contribution < -0.4 is 0 Å². The van der Waals surface area contributed by atoms with Crippen LogP contribution in [0.5, 0.6) is 0 Å². The molecule has 5 heteroatoms. The molecule has 0 aromatic heterocycles. The van der Waals surface area contributed by atoms with Crippen molar-refractivity contribution < 1.29 is 22.0 Å². The maximum absolute atomic E-state index is 12.5. The maximum Gasteiger partial charge on any atom is 0.389 e. The van der Waals surface area contributed by atoms with E-state index in [0.717, 1.165) is 6.92 Å². The Morgan fingerprint density at radius 3 is 1.73 bits per heavy atom. The molecule has 0 amide bonds. The lowest BCUT2D eigenvalue weighted by atomic mass is 10.0. The molecule has 0 aromatic carbocycles. The summed E-state index contributed by atoms with van der Waals surface area (Å²) in [5.74, 6) is 0. The molecule has 0 fully saturated rings. The minimum Gasteiger partial charge on any atom is -0.248 e. The van der Waals surface area contributed by atoms with Crippen LogP contribution in [0, 0.1) is 0 Å². The first-order chi connectivity index (χ1) is 4.77. The first-order valence-electron chi connectivity index (χ1n) is 3.08. The predicted molar refractivity (Wildman–Crippen MR) is 30.8 cm³/mol. The fourth-order valence-corrected chi connectivity index (χ4v) is 0.469. The van der Waals surface area contributed by atoms with Crippen LogP contribution in [-0.4, -0.2) is 18.5 Å². The molecule has 1 atom stereocenters. The maximum atomic E-state index is 12.5. The molecule has 0 spiro atoms. The fourth-order valence-electron chi connectivity index (χ4n) is 0.469. The fraction of sp³-hybridized carbons (Fsp3) is 1.00. The standard InChI is InChI=1S/C6H9F5/c1-5(8,4-7)2-3-6(9,10)11/h2-4H2,1H3. The number of halogens is 5. The third kappa shape index (κ3) is 6.06. The molecule has 0 bridgehead atoms. The molecule has 0 aliphatic carbocycles. The topological polar surface area (TPSA) is 0 Å². The van der Waals surface area contributed by atoms with Gasteiger partial charge in [-0.2, -0.15) is 13.2 Å². The molecule has 0 aliphatic heterocycles. The van der Waals surface area contributed by atoms with Gasteiger partial charge in [0.1, 0.15) is 12.3 Å². The van der Waals surface area contributed by atoms with Gasteiger partial charge in [-0.15, -0.1) is 0 Å². The lowest BCUT2D eigenvalue weighted by Crippen LogP contribution is -2.23. The highest BCUT2D eigenvalue weighted by Gasteiger charge is 2.33. The Morgan fingerprint density at radius 1 is 1.00 bits per heavy atom. The molecule has 0 saturated carbocycles. The van der Waals surface area contributed by atoms with Gasteiger partial charge in [0.25, 0.3) is 0 Å². The Kier molecular flexibility index (Phi) is 3.26. The first kappa shape index (κ1) is 10.7. The van der Waals surface area contributed by atoms with Gasteiger partial charge >= 0.3 is 6.18 Å².